The fraction of sp³-hybridized carbons (Fsp3) is 0.125. The van der Waals surface area contributed by atoms with Crippen LogP contribution in [0, 0.1) is 6.92 Å². The molecule has 25 heavy (non-hydrogen) atoms. The number of nitrogens with zero attached hydrogens (tertiary/aromatic N) is 3. The largest absolute Gasteiger partial charge is 0.439 e. The molecule has 0 atom stereocenters. The van der Waals surface area contributed by atoms with Crippen LogP contribution in [0.5, 0.6) is 11.6 Å². The fourth-order valence-electron chi connectivity index (χ4n) is 2.10. The summed E-state index contributed by atoms with van der Waals surface area (Å²) in [5.74, 6) is 0.517. The second-order valence-electron chi connectivity index (χ2n) is 4.99. The van der Waals surface area contributed by atoms with Crippen LogP contribution in [0.1, 0.15) is 21.6 Å². The van der Waals surface area contributed by atoms with Crippen LogP contribution in [0.2, 0.25) is 0 Å². The molecule has 2 aromatic heterocycles. The summed E-state index contributed by atoms with van der Waals surface area (Å²) in [4.78, 5) is 16.4. The molecule has 0 aliphatic heterocycles. The van der Waals surface area contributed by atoms with Crippen molar-refractivity contribution in [1.82, 2.24) is 15.2 Å². The number of aryl methyl sites for hydroxylation is 1. The quantitative estimate of drug-likeness (QED) is 0.717. The maximum atomic E-state index is 12.1. The van der Waals surface area contributed by atoms with Gasteiger partial charge >= 0.3 is 6.01 Å². The first-order valence-electron chi connectivity index (χ1n) is 7.17. The number of anilines is 1. The molecule has 1 amide bonds. The number of ether oxygens (including phenoxy) is 1. The Labute approximate surface area is 149 Å². The van der Waals surface area contributed by atoms with Gasteiger partial charge < -0.3 is 14.9 Å². The zero-order valence-corrected chi connectivity index (χ0v) is 14.1. The molecule has 3 rings (SSSR count). The third-order valence-electron chi connectivity index (χ3n) is 3.12. The van der Waals surface area contributed by atoms with E-state index < -0.39 is 0 Å². The van der Waals surface area contributed by atoms with E-state index in [4.69, 9.17) is 14.9 Å². The Morgan fingerprint density at radius 1 is 1.32 bits per heavy atom. The first-order chi connectivity index (χ1) is 11.6. The van der Waals surface area contributed by atoms with Crippen LogP contribution >= 0.6 is 12.4 Å². The van der Waals surface area contributed by atoms with Crippen molar-refractivity contribution in [3.63, 3.8) is 0 Å². The Morgan fingerprint density at radius 3 is 2.88 bits per heavy atom. The normalized spacial score (nSPS) is 10.0. The molecule has 1 aromatic carbocycles. The van der Waals surface area contributed by atoms with Gasteiger partial charge in [0.1, 0.15) is 5.75 Å². The van der Waals surface area contributed by atoms with Gasteiger partial charge in [0.15, 0.2) is 0 Å². The van der Waals surface area contributed by atoms with Gasteiger partial charge in [0.2, 0.25) is 12.3 Å². The molecule has 0 radical (unpaired) electrons. The molecule has 8 nitrogen and oxygen atoms in total. The van der Waals surface area contributed by atoms with Gasteiger partial charge in [-0.1, -0.05) is 11.2 Å². The SMILES string of the molecule is Cc1cc(CN)cc(Oc2cccc(C(=O)Nc3nnco3)c2)n1.Cl. The van der Waals surface area contributed by atoms with Crippen LogP contribution in [0.15, 0.2) is 47.2 Å². The van der Waals surface area contributed by atoms with Crippen molar-refractivity contribution in [2.24, 2.45) is 5.73 Å². The fourth-order valence-corrected chi connectivity index (χ4v) is 2.10. The minimum atomic E-state index is -0.385. The number of amides is 1. The number of rotatable bonds is 5. The predicted molar refractivity (Wildman–Crippen MR) is 92.9 cm³/mol. The Kier molecular flexibility index (Phi) is 6.04. The summed E-state index contributed by atoms with van der Waals surface area (Å²) in [6, 6.07) is 10.4. The lowest BCUT2D eigenvalue weighted by molar-refractivity contribution is 0.102. The van der Waals surface area contributed by atoms with Crippen molar-refractivity contribution in [3.05, 3.63) is 59.6 Å². The summed E-state index contributed by atoms with van der Waals surface area (Å²) in [5, 5.41) is 9.58. The van der Waals surface area contributed by atoms with E-state index in [-0.39, 0.29) is 24.3 Å². The molecule has 0 fully saturated rings. The van der Waals surface area contributed by atoms with Crippen molar-refractivity contribution in [2.45, 2.75) is 13.5 Å². The Morgan fingerprint density at radius 2 is 2.16 bits per heavy atom. The molecule has 3 aromatic rings. The molecule has 0 saturated carbocycles. The molecule has 0 aliphatic carbocycles. The topological polar surface area (TPSA) is 116 Å². The zero-order chi connectivity index (χ0) is 16.9. The smallest absolute Gasteiger partial charge is 0.322 e. The van der Waals surface area contributed by atoms with Crippen molar-refractivity contribution in [3.8, 4) is 11.6 Å². The average Bonchev–Trinajstić information content (AvgIpc) is 3.07. The average molecular weight is 362 g/mol. The lowest BCUT2D eigenvalue weighted by Crippen LogP contribution is -2.12. The van der Waals surface area contributed by atoms with E-state index in [0.29, 0.717) is 23.7 Å². The summed E-state index contributed by atoms with van der Waals surface area (Å²) in [7, 11) is 0. The number of aromatic nitrogens is 3. The summed E-state index contributed by atoms with van der Waals surface area (Å²) < 4.78 is 10.6. The summed E-state index contributed by atoms with van der Waals surface area (Å²) in [6.07, 6.45) is 1.13. The molecular weight excluding hydrogens is 346 g/mol. The van der Waals surface area contributed by atoms with E-state index in [0.717, 1.165) is 17.7 Å². The minimum Gasteiger partial charge on any atom is -0.439 e. The zero-order valence-electron chi connectivity index (χ0n) is 13.3. The molecule has 0 bridgehead atoms. The van der Waals surface area contributed by atoms with Crippen LogP contribution in [0.4, 0.5) is 6.01 Å². The van der Waals surface area contributed by atoms with Gasteiger partial charge in [-0.2, -0.15) is 0 Å². The molecule has 2 heterocycles. The number of halogens is 1. The van der Waals surface area contributed by atoms with E-state index in [1.54, 1.807) is 30.3 Å². The van der Waals surface area contributed by atoms with Crippen LogP contribution in [-0.2, 0) is 6.54 Å². The van der Waals surface area contributed by atoms with Gasteiger partial charge in [-0.3, -0.25) is 10.1 Å². The maximum Gasteiger partial charge on any atom is 0.322 e. The molecule has 3 N–H and O–H groups in total. The van der Waals surface area contributed by atoms with Gasteiger partial charge in [0.25, 0.3) is 5.91 Å². The van der Waals surface area contributed by atoms with E-state index >= 15 is 0 Å². The lowest BCUT2D eigenvalue weighted by Gasteiger charge is -2.08. The van der Waals surface area contributed by atoms with E-state index in [2.05, 4.69) is 20.5 Å². The Hall–Kier alpha value is -2.97. The molecular formula is C16H16ClN5O3. The Bertz CT molecular complexity index is 855. The highest BCUT2D eigenvalue weighted by Crippen LogP contribution is 2.22. The van der Waals surface area contributed by atoms with Gasteiger partial charge in [-0.15, -0.1) is 17.5 Å². The van der Waals surface area contributed by atoms with Gasteiger partial charge in [0.05, 0.1) is 0 Å². The van der Waals surface area contributed by atoms with Crippen molar-refractivity contribution in [1.29, 1.82) is 0 Å². The molecule has 0 unspecified atom stereocenters. The first kappa shape index (κ1) is 18.4. The van der Waals surface area contributed by atoms with Crippen molar-refractivity contribution >= 4 is 24.3 Å². The third-order valence-corrected chi connectivity index (χ3v) is 3.12. The molecule has 9 heteroatoms. The molecule has 0 spiro atoms. The Balaban J connectivity index is 0.00000225. The first-order valence-corrected chi connectivity index (χ1v) is 7.17. The van der Waals surface area contributed by atoms with Gasteiger partial charge in [0, 0.05) is 23.9 Å². The van der Waals surface area contributed by atoms with Gasteiger partial charge in [-0.25, -0.2) is 4.98 Å². The number of carbonyl (C=O) groups excluding carboxylic acids is 1. The maximum absolute atomic E-state index is 12.1. The molecule has 130 valence electrons. The number of hydrogen-bond acceptors (Lipinski definition) is 7. The number of pyridine rings is 1. The number of nitrogens with two attached hydrogens (primary N) is 1. The van der Waals surface area contributed by atoms with E-state index in [9.17, 15) is 4.79 Å². The number of hydrogen-bond donors (Lipinski definition) is 2. The number of nitrogens with one attached hydrogen (secondary N) is 1. The second-order valence-corrected chi connectivity index (χ2v) is 4.99. The van der Waals surface area contributed by atoms with E-state index in [1.165, 1.54) is 0 Å². The van der Waals surface area contributed by atoms with Crippen LogP contribution < -0.4 is 15.8 Å². The summed E-state index contributed by atoms with van der Waals surface area (Å²) in [6.45, 7) is 2.26. The van der Waals surface area contributed by atoms with Crippen LogP contribution in [-0.4, -0.2) is 21.1 Å². The predicted octanol–water partition coefficient (Wildman–Crippen LogP) is 2.70. The van der Waals surface area contributed by atoms with Crippen molar-refractivity contribution < 1.29 is 13.9 Å². The summed E-state index contributed by atoms with van der Waals surface area (Å²) in [5.41, 5.74) is 7.76. The highest BCUT2D eigenvalue weighted by Gasteiger charge is 2.11. The highest BCUT2D eigenvalue weighted by atomic mass is 35.5. The third kappa shape index (κ3) is 4.75. The summed E-state index contributed by atoms with van der Waals surface area (Å²) >= 11 is 0. The second kappa shape index (κ2) is 8.22. The number of carbonyl (C=O) groups is 1. The highest BCUT2D eigenvalue weighted by molar-refractivity contribution is 6.03. The van der Waals surface area contributed by atoms with E-state index in [1.807, 2.05) is 13.0 Å². The minimum absolute atomic E-state index is 0. The standard InChI is InChI=1S/C16H15N5O3.ClH/c1-10-5-11(8-17)6-14(19-10)24-13-4-2-3-12(7-13)15(22)20-16-21-18-9-23-16;/h2-7,9H,8,17H2,1H3,(H,20,21,22);1H. The van der Waals surface area contributed by atoms with Crippen LogP contribution in [0.25, 0.3) is 0 Å². The lowest BCUT2D eigenvalue weighted by atomic mass is 10.2. The number of benzene rings is 1. The molecule has 0 aliphatic rings. The van der Waals surface area contributed by atoms with Crippen LogP contribution in [0.3, 0.4) is 0 Å². The van der Waals surface area contributed by atoms with Gasteiger partial charge in [-0.05, 0) is 36.8 Å². The van der Waals surface area contributed by atoms with Crippen molar-refractivity contribution in [2.75, 3.05) is 5.32 Å². The molecule has 0 saturated heterocycles. The monoisotopic (exact) mass is 361 g/mol.